The summed E-state index contributed by atoms with van der Waals surface area (Å²) in [7, 11) is -0.107. The molecule has 1 atom stereocenters. The van der Waals surface area contributed by atoms with Crippen molar-refractivity contribution >= 4 is 33.1 Å². The van der Waals surface area contributed by atoms with Gasteiger partial charge in [0.25, 0.3) is 0 Å². The summed E-state index contributed by atoms with van der Waals surface area (Å²) in [5, 5.41) is 6.89. The number of benzene rings is 3. The molecule has 112 valence electrons. The van der Waals surface area contributed by atoms with Gasteiger partial charge in [0.05, 0.1) is 17.0 Å². The molecule has 0 amide bonds. The van der Waals surface area contributed by atoms with E-state index in [-0.39, 0.29) is 16.7 Å². The summed E-state index contributed by atoms with van der Waals surface area (Å²) in [4.78, 5) is 13.7. The molecule has 0 radical (unpaired) electrons. The lowest BCUT2D eigenvalue weighted by molar-refractivity contribution is 0.104. The number of hydrogen-bond donors (Lipinski definition) is 1. The zero-order chi connectivity index (χ0) is 15.8. The van der Waals surface area contributed by atoms with Crippen LogP contribution in [0.4, 0.5) is 5.69 Å². The van der Waals surface area contributed by atoms with E-state index in [1.54, 1.807) is 6.08 Å². The van der Waals surface area contributed by atoms with Crippen molar-refractivity contribution in [3.63, 3.8) is 0 Å². The maximum absolute atomic E-state index is 12.4. The van der Waals surface area contributed by atoms with Gasteiger partial charge in [-0.05, 0) is 17.5 Å². The van der Waals surface area contributed by atoms with E-state index >= 15 is 0 Å². The maximum atomic E-state index is 12.4. The summed E-state index contributed by atoms with van der Waals surface area (Å²) in [6.07, 6.45) is 3.91. The van der Waals surface area contributed by atoms with Crippen LogP contribution in [0.15, 0.2) is 82.7 Å². The highest BCUT2D eigenvalue weighted by Crippen LogP contribution is 2.40. The van der Waals surface area contributed by atoms with Crippen LogP contribution in [-0.4, -0.2) is 12.0 Å². The molecule has 3 aromatic carbocycles. The Morgan fingerprint density at radius 2 is 1.70 bits per heavy atom. The first-order chi connectivity index (χ1) is 11.2. The number of rotatable bonds is 2. The molecule has 0 fully saturated rings. The van der Waals surface area contributed by atoms with Crippen LogP contribution in [0, 0.1) is 0 Å². The van der Waals surface area contributed by atoms with Crippen LogP contribution in [0.1, 0.15) is 10.4 Å². The Hall–Kier alpha value is -2.52. The summed E-state index contributed by atoms with van der Waals surface area (Å²) in [5.74, 6) is 0.0459. The Labute approximate surface area is 138 Å². The van der Waals surface area contributed by atoms with Crippen molar-refractivity contribution in [3.05, 3.63) is 83.4 Å². The molecule has 1 N–H and O–H groups in total. The van der Waals surface area contributed by atoms with Gasteiger partial charge in [0.2, 0.25) is 5.03 Å². The van der Waals surface area contributed by atoms with E-state index in [1.807, 2.05) is 36.4 Å². The van der Waals surface area contributed by atoms with E-state index in [1.165, 1.54) is 15.7 Å². The molecule has 3 aromatic rings. The topological polar surface area (TPSA) is 29.1 Å². The summed E-state index contributed by atoms with van der Waals surface area (Å²) >= 11 is 0. The summed E-state index contributed by atoms with van der Waals surface area (Å²) < 4.78 is 0. The number of fused-ring (bicyclic) bond motifs is 3. The number of carbonyl (C=O) groups excluding carboxylic acids is 1. The van der Waals surface area contributed by atoms with Gasteiger partial charge >= 0.3 is 0 Å². The van der Waals surface area contributed by atoms with Gasteiger partial charge < -0.3 is 5.32 Å². The Balaban J connectivity index is 1.74. The third-order valence-corrected chi connectivity index (χ3v) is 6.00. The van der Waals surface area contributed by atoms with Crippen molar-refractivity contribution in [2.75, 3.05) is 11.6 Å². The molecular formula is C20H16NOS+. The Morgan fingerprint density at radius 1 is 0.957 bits per heavy atom. The van der Waals surface area contributed by atoms with Gasteiger partial charge in [-0.1, -0.05) is 54.6 Å². The summed E-state index contributed by atoms with van der Waals surface area (Å²) in [6, 6.07) is 22.1. The summed E-state index contributed by atoms with van der Waals surface area (Å²) in [5.41, 5.74) is 1.86. The lowest BCUT2D eigenvalue weighted by Crippen LogP contribution is -2.05. The first kappa shape index (κ1) is 14.1. The highest BCUT2D eigenvalue weighted by Gasteiger charge is 2.35. The maximum Gasteiger partial charge on any atom is 0.234 e. The SMILES string of the molecule is C[S+]1C(=CC(=O)c2ccccc2)Nc2c1ccc1ccccc21. The van der Waals surface area contributed by atoms with Crippen LogP contribution in [0.25, 0.3) is 10.8 Å². The molecule has 1 aliphatic rings. The predicted octanol–water partition coefficient (Wildman–Crippen LogP) is 4.60. The van der Waals surface area contributed by atoms with Crippen LogP contribution in [0.2, 0.25) is 0 Å². The van der Waals surface area contributed by atoms with E-state index in [2.05, 4.69) is 41.9 Å². The molecule has 0 saturated carbocycles. The average molecular weight is 318 g/mol. The van der Waals surface area contributed by atoms with E-state index < -0.39 is 0 Å². The van der Waals surface area contributed by atoms with Crippen molar-refractivity contribution in [2.24, 2.45) is 0 Å². The minimum Gasteiger partial charge on any atom is -0.311 e. The first-order valence-corrected chi connectivity index (χ1v) is 9.13. The van der Waals surface area contributed by atoms with Crippen molar-refractivity contribution < 1.29 is 4.79 Å². The number of hydrogen-bond acceptors (Lipinski definition) is 2. The van der Waals surface area contributed by atoms with E-state index in [0.29, 0.717) is 0 Å². The van der Waals surface area contributed by atoms with Gasteiger partial charge in [-0.2, -0.15) is 0 Å². The number of nitrogens with one attached hydrogen (secondary N) is 1. The number of ketones is 1. The fourth-order valence-corrected chi connectivity index (χ4v) is 4.40. The van der Waals surface area contributed by atoms with Gasteiger partial charge in [-0.3, -0.25) is 4.79 Å². The molecule has 0 aliphatic carbocycles. The van der Waals surface area contributed by atoms with Crippen LogP contribution < -0.4 is 5.32 Å². The number of anilines is 1. The third kappa shape index (κ3) is 2.43. The largest absolute Gasteiger partial charge is 0.311 e. The standard InChI is InChI=1S/C20H15NOS/c1-23-18-12-11-14-7-5-6-10-16(14)20(18)21-19(23)13-17(22)15-8-3-2-4-9-15/h2-13H,1H3/p+1. The highest BCUT2D eigenvalue weighted by molar-refractivity contribution is 8.00. The Bertz CT molecular complexity index is 931. The quantitative estimate of drug-likeness (QED) is 0.425. The molecule has 1 unspecified atom stereocenters. The number of allylic oxidation sites excluding steroid dienone is 1. The molecule has 2 nitrogen and oxygen atoms in total. The van der Waals surface area contributed by atoms with Crippen LogP contribution in [-0.2, 0) is 10.9 Å². The second kappa shape index (κ2) is 5.60. The smallest absolute Gasteiger partial charge is 0.234 e. The lowest BCUT2D eigenvalue weighted by Gasteiger charge is -2.00. The molecule has 0 spiro atoms. The van der Waals surface area contributed by atoms with Gasteiger partial charge in [-0.15, -0.1) is 0 Å². The van der Waals surface area contributed by atoms with Crippen molar-refractivity contribution in [1.82, 2.24) is 0 Å². The molecule has 23 heavy (non-hydrogen) atoms. The molecule has 0 saturated heterocycles. The van der Waals surface area contributed by atoms with Crippen LogP contribution in [0.3, 0.4) is 0 Å². The van der Waals surface area contributed by atoms with Crippen molar-refractivity contribution in [3.8, 4) is 0 Å². The fourth-order valence-electron chi connectivity index (χ4n) is 2.88. The molecular weight excluding hydrogens is 302 g/mol. The number of carbonyl (C=O) groups is 1. The molecule has 0 aromatic heterocycles. The van der Waals surface area contributed by atoms with Gasteiger partial charge in [0, 0.05) is 10.9 Å². The normalized spacial score (nSPS) is 18.0. The van der Waals surface area contributed by atoms with E-state index in [4.69, 9.17) is 0 Å². The molecule has 0 bridgehead atoms. The zero-order valence-electron chi connectivity index (χ0n) is 12.7. The molecule has 3 heteroatoms. The summed E-state index contributed by atoms with van der Waals surface area (Å²) in [6.45, 7) is 0. The van der Waals surface area contributed by atoms with Gasteiger partial charge in [-0.25, -0.2) is 0 Å². The minimum absolute atomic E-state index is 0.0459. The highest BCUT2D eigenvalue weighted by atomic mass is 32.2. The third-order valence-electron chi connectivity index (χ3n) is 4.12. The van der Waals surface area contributed by atoms with Crippen LogP contribution in [0.5, 0.6) is 0 Å². The van der Waals surface area contributed by atoms with E-state index in [9.17, 15) is 4.79 Å². The second-order valence-electron chi connectivity index (χ2n) is 5.53. The van der Waals surface area contributed by atoms with Crippen molar-refractivity contribution in [2.45, 2.75) is 4.90 Å². The monoisotopic (exact) mass is 318 g/mol. The second-order valence-corrected chi connectivity index (χ2v) is 7.43. The van der Waals surface area contributed by atoms with Gasteiger partial charge in [0.1, 0.15) is 11.9 Å². The fraction of sp³-hybridized carbons (Fsp3) is 0.0500. The van der Waals surface area contributed by atoms with Crippen LogP contribution >= 0.6 is 0 Å². The zero-order valence-corrected chi connectivity index (χ0v) is 13.6. The molecule has 1 aliphatic heterocycles. The molecule has 4 rings (SSSR count). The minimum atomic E-state index is -0.107. The molecule has 1 heterocycles. The average Bonchev–Trinajstić information content (AvgIpc) is 2.92. The van der Waals surface area contributed by atoms with Gasteiger partial charge in [0.15, 0.2) is 10.7 Å². The predicted molar refractivity (Wildman–Crippen MR) is 98.0 cm³/mol. The Kier molecular flexibility index (Phi) is 3.43. The van der Waals surface area contributed by atoms with Crippen molar-refractivity contribution in [1.29, 1.82) is 0 Å². The lowest BCUT2D eigenvalue weighted by atomic mass is 10.1. The van der Waals surface area contributed by atoms with E-state index in [0.717, 1.165) is 16.3 Å². The Morgan fingerprint density at radius 3 is 2.52 bits per heavy atom. The first-order valence-electron chi connectivity index (χ1n) is 7.50.